The van der Waals surface area contributed by atoms with Crippen LogP contribution in [0.1, 0.15) is 22.7 Å². The van der Waals surface area contributed by atoms with Crippen molar-refractivity contribution in [2.24, 2.45) is 5.84 Å². The molecule has 0 aromatic heterocycles. The molecule has 100 valence electrons. The van der Waals surface area contributed by atoms with Crippen LogP contribution in [0.5, 0.6) is 0 Å². The lowest BCUT2D eigenvalue weighted by Crippen LogP contribution is -2.29. The van der Waals surface area contributed by atoms with E-state index in [0.29, 0.717) is 4.47 Å². The highest BCUT2D eigenvalue weighted by Crippen LogP contribution is 2.24. The fraction of sp³-hybridized carbons (Fsp3) is 0.200. The van der Waals surface area contributed by atoms with Gasteiger partial charge < -0.3 is 0 Å². The van der Waals surface area contributed by atoms with Crippen molar-refractivity contribution in [3.8, 4) is 0 Å². The fourth-order valence-electron chi connectivity index (χ4n) is 2.06. The van der Waals surface area contributed by atoms with E-state index in [1.807, 2.05) is 12.1 Å². The Morgan fingerprint density at radius 3 is 2.63 bits per heavy atom. The Bertz CT molecular complexity index is 572. The molecule has 2 nitrogen and oxygen atoms in total. The van der Waals surface area contributed by atoms with Gasteiger partial charge in [0, 0.05) is 0 Å². The van der Waals surface area contributed by atoms with Crippen molar-refractivity contribution in [1.82, 2.24) is 5.43 Å². The van der Waals surface area contributed by atoms with E-state index in [4.69, 9.17) is 5.84 Å². The summed E-state index contributed by atoms with van der Waals surface area (Å²) in [6, 6.07) is 13.1. The zero-order valence-corrected chi connectivity index (χ0v) is 12.2. The summed E-state index contributed by atoms with van der Waals surface area (Å²) in [5, 5.41) is 0. The van der Waals surface area contributed by atoms with E-state index in [1.165, 1.54) is 17.2 Å². The van der Waals surface area contributed by atoms with Crippen LogP contribution < -0.4 is 11.3 Å². The van der Waals surface area contributed by atoms with Gasteiger partial charge in [-0.3, -0.25) is 11.3 Å². The second kappa shape index (κ2) is 6.28. The van der Waals surface area contributed by atoms with Gasteiger partial charge in [0.25, 0.3) is 0 Å². The van der Waals surface area contributed by atoms with E-state index in [0.717, 1.165) is 12.0 Å². The molecule has 1 unspecified atom stereocenters. The van der Waals surface area contributed by atoms with Crippen LogP contribution >= 0.6 is 15.9 Å². The molecule has 0 spiro atoms. The minimum atomic E-state index is -0.268. The second-order valence-electron chi connectivity index (χ2n) is 4.52. The lowest BCUT2D eigenvalue weighted by molar-refractivity contribution is 0.547. The average Bonchev–Trinajstić information content (AvgIpc) is 2.41. The van der Waals surface area contributed by atoms with Crippen LogP contribution in [0.15, 0.2) is 46.9 Å². The van der Waals surface area contributed by atoms with E-state index in [1.54, 1.807) is 12.1 Å². The Balaban J connectivity index is 2.25. The van der Waals surface area contributed by atoms with Crippen molar-refractivity contribution in [3.63, 3.8) is 0 Å². The lowest BCUT2D eigenvalue weighted by atomic mass is 9.96. The van der Waals surface area contributed by atoms with E-state index in [-0.39, 0.29) is 11.9 Å². The van der Waals surface area contributed by atoms with Crippen molar-refractivity contribution in [2.45, 2.75) is 19.4 Å². The third kappa shape index (κ3) is 3.41. The number of rotatable bonds is 4. The topological polar surface area (TPSA) is 38.0 Å². The van der Waals surface area contributed by atoms with Crippen LogP contribution in [-0.2, 0) is 6.42 Å². The molecule has 0 amide bonds. The molecule has 0 saturated heterocycles. The van der Waals surface area contributed by atoms with Crippen LogP contribution in [0.3, 0.4) is 0 Å². The second-order valence-corrected chi connectivity index (χ2v) is 5.38. The normalized spacial score (nSPS) is 12.4. The minimum absolute atomic E-state index is 0.0435. The van der Waals surface area contributed by atoms with Crippen LogP contribution in [0.4, 0.5) is 4.39 Å². The molecular formula is C15H16BrFN2. The number of hydrazine groups is 1. The van der Waals surface area contributed by atoms with Gasteiger partial charge in [-0.25, -0.2) is 4.39 Å². The number of halogens is 2. The molecule has 2 aromatic carbocycles. The first-order valence-electron chi connectivity index (χ1n) is 6.07. The van der Waals surface area contributed by atoms with E-state index >= 15 is 0 Å². The van der Waals surface area contributed by atoms with Crippen LogP contribution in [-0.4, -0.2) is 0 Å². The highest BCUT2D eigenvalue weighted by molar-refractivity contribution is 9.10. The van der Waals surface area contributed by atoms with Crippen LogP contribution in [0.2, 0.25) is 0 Å². The molecule has 0 saturated carbocycles. The summed E-state index contributed by atoms with van der Waals surface area (Å²) in [6.07, 6.45) is 0.765. The van der Waals surface area contributed by atoms with Gasteiger partial charge >= 0.3 is 0 Å². The van der Waals surface area contributed by atoms with Crippen LogP contribution in [0.25, 0.3) is 0 Å². The smallest absolute Gasteiger partial charge is 0.137 e. The Morgan fingerprint density at radius 1 is 1.26 bits per heavy atom. The van der Waals surface area contributed by atoms with Gasteiger partial charge in [0.2, 0.25) is 0 Å². The minimum Gasteiger partial charge on any atom is -0.271 e. The first kappa shape index (κ1) is 14.2. The first-order chi connectivity index (χ1) is 9.11. The number of hydrogen-bond acceptors (Lipinski definition) is 2. The summed E-state index contributed by atoms with van der Waals surface area (Å²) < 4.78 is 13.7. The molecule has 19 heavy (non-hydrogen) atoms. The molecule has 0 heterocycles. The largest absolute Gasteiger partial charge is 0.271 e. The summed E-state index contributed by atoms with van der Waals surface area (Å²) in [6.45, 7) is 2.07. The SMILES string of the molecule is Cc1ccccc1CC(NN)c1ccc(F)c(Br)c1. The Labute approximate surface area is 120 Å². The first-order valence-corrected chi connectivity index (χ1v) is 6.86. The van der Waals surface area contributed by atoms with Gasteiger partial charge in [-0.2, -0.15) is 0 Å². The van der Waals surface area contributed by atoms with E-state index in [9.17, 15) is 4.39 Å². The molecule has 0 aliphatic carbocycles. The maximum absolute atomic E-state index is 13.3. The molecule has 2 rings (SSSR count). The molecule has 4 heteroatoms. The number of nitrogens with one attached hydrogen (secondary N) is 1. The summed E-state index contributed by atoms with van der Waals surface area (Å²) >= 11 is 3.20. The molecule has 0 aliphatic rings. The zero-order chi connectivity index (χ0) is 13.8. The number of benzene rings is 2. The Hall–Kier alpha value is -1.23. The number of nitrogens with two attached hydrogens (primary N) is 1. The predicted octanol–water partition coefficient (Wildman–Crippen LogP) is 3.64. The number of hydrogen-bond donors (Lipinski definition) is 2. The van der Waals surface area contributed by atoms with Crippen molar-refractivity contribution < 1.29 is 4.39 Å². The quantitative estimate of drug-likeness (QED) is 0.666. The zero-order valence-electron chi connectivity index (χ0n) is 10.7. The molecular weight excluding hydrogens is 307 g/mol. The van der Waals surface area contributed by atoms with E-state index < -0.39 is 0 Å². The Kier molecular flexibility index (Phi) is 4.69. The highest BCUT2D eigenvalue weighted by atomic mass is 79.9. The molecule has 0 bridgehead atoms. The average molecular weight is 323 g/mol. The summed E-state index contributed by atoms with van der Waals surface area (Å²) in [5.74, 6) is 5.36. The monoisotopic (exact) mass is 322 g/mol. The fourth-order valence-corrected chi connectivity index (χ4v) is 2.46. The molecule has 1 atom stereocenters. The summed E-state index contributed by atoms with van der Waals surface area (Å²) in [4.78, 5) is 0. The maximum Gasteiger partial charge on any atom is 0.137 e. The summed E-state index contributed by atoms with van der Waals surface area (Å²) in [5.41, 5.74) is 6.21. The van der Waals surface area contributed by atoms with Gasteiger partial charge in [0.15, 0.2) is 0 Å². The van der Waals surface area contributed by atoms with E-state index in [2.05, 4.69) is 40.4 Å². The predicted molar refractivity (Wildman–Crippen MR) is 79.0 cm³/mol. The molecule has 0 radical (unpaired) electrons. The third-order valence-corrected chi connectivity index (χ3v) is 3.84. The third-order valence-electron chi connectivity index (χ3n) is 3.23. The van der Waals surface area contributed by atoms with Crippen molar-refractivity contribution in [3.05, 3.63) is 69.4 Å². The Morgan fingerprint density at radius 2 is 2.00 bits per heavy atom. The van der Waals surface area contributed by atoms with Gasteiger partial charge in [0.1, 0.15) is 5.82 Å². The van der Waals surface area contributed by atoms with Gasteiger partial charge in [-0.05, 0) is 58.1 Å². The van der Waals surface area contributed by atoms with Crippen LogP contribution in [0, 0.1) is 12.7 Å². The summed E-state index contributed by atoms with van der Waals surface area (Å²) in [7, 11) is 0. The molecule has 0 aliphatic heterocycles. The van der Waals surface area contributed by atoms with Crippen molar-refractivity contribution in [2.75, 3.05) is 0 Å². The lowest BCUT2D eigenvalue weighted by Gasteiger charge is -2.18. The van der Waals surface area contributed by atoms with Crippen molar-refractivity contribution >= 4 is 15.9 Å². The maximum atomic E-state index is 13.3. The molecule has 2 aromatic rings. The highest BCUT2D eigenvalue weighted by Gasteiger charge is 2.13. The molecule has 0 fully saturated rings. The standard InChI is InChI=1S/C15H16BrFN2/c1-10-4-2-3-5-11(10)9-15(19-18)12-6-7-14(17)13(16)8-12/h2-8,15,19H,9,18H2,1H3. The molecule has 3 N–H and O–H groups in total. The van der Waals surface area contributed by atoms with Gasteiger partial charge in [-0.15, -0.1) is 0 Å². The van der Waals surface area contributed by atoms with Gasteiger partial charge in [0.05, 0.1) is 10.5 Å². The van der Waals surface area contributed by atoms with Crippen molar-refractivity contribution in [1.29, 1.82) is 0 Å². The van der Waals surface area contributed by atoms with Gasteiger partial charge in [-0.1, -0.05) is 30.3 Å². The number of aryl methyl sites for hydroxylation is 1.